The Balaban J connectivity index is 2.46. The van der Waals surface area contributed by atoms with E-state index in [1.54, 1.807) is 18.2 Å². The van der Waals surface area contributed by atoms with Crippen LogP contribution >= 0.6 is 0 Å². The molecule has 1 rings (SSSR count). The van der Waals surface area contributed by atoms with E-state index in [9.17, 15) is 9.59 Å². The number of aliphatic carboxylic acids is 1. The normalized spacial score (nSPS) is 12.0. The molecule has 0 bridgehead atoms. The van der Waals surface area contributed by atoms with E-state index in [4.69, 9.17) is 9.84 Å². The summed E-state index contributed by atoms with van der Waals surface area (Å²) in [5.74, 6) is 0.308. The van der Waals surface area contributed by atoms with Crippen LogP contribution in [0.5, 0.6) is 5.75 Å². The van der Waals surface area contributed by atoms with E-state index in [1.165, 1.54) is 0 Å². The molecule has 1 amide bonds. The molecule has 116 valence electrons. The Hall–Kier alpha value is -2.04. The highest BCUT2D eigenvalue weighted by Crippen LogP contribution is 2.15. The van der Waals surface area contributed by atoms with Crippen LogP contribution in [0.15, 0.2) is 24.3 Å². The summed E-state index contributed by atoms with van der Waals surface area (Å²) in [4.78, 5) is 22.3. The van der Waals surface area contributed by atoms with E-state index in [1.807, 2.05) is 6.07 Å². The molecular weight excluding hydrogens is 270 g/mol. The van der Waals surface area contributed by atoms with Gasteiger partial charge in [-0.3, -0.25) is 4.79 Å². The van der Waals surface area contributed by atoms with Crippen LogP contribution in [-0.2, 0) is 16.1 Å². The summed E-state index contributed by atoms with van der Waals surface area (Å²) in [6.07, 6.45) is 0.507. The summed E-state index contributed by atoms with van der Waals surface area (Å²) >= 11 is 0. The third kappa shape index (κ3) is 6.79. The first kappa shape index (κ1) is 17.0. The van der Waals surface area contributed by atoms with Crippen LogP contribution in [-0.4, -0.2) is 23.6 Å². The maximum Gasteiger partial charge on any atom is 0.341 e. The zero-order chi connectivity index (χ0) is 15.8. The summed E-state index contributed by atoms with van der Waals surface area (Å²) in [5, 5.41) is 11.4. The van der Waals surface area contributed by atoms with E-state index in [2.05, 4.69) is 26.1 Å². The molecule has 1 aromatic carbocycles. The number of carboxylic acids is 1. The Morgan fingerprint density at radius 2 is 2.00 bits per heavy atom. The summed E-state index contributed by atoms with van der Waals surface area (Å²) < 4.78 is 5.10. The van der Waals surface area contributed by atoms with Crippen LogP contribution in [0.25, 0.3) is 0 Å². The highest BCUT2D eigenvalue weighted by molar-refractivity contribution is 5.76. The van der Waals surface area contributed by atoms with Gasteiger partial charge in [-0.15, -0.1) is 0 Å². The van der Waals surface area contributed by atoms with Crippen LogP contribution in [0.4, 0.5) is 0 Å². The number of carbonyl (C=O) groups excluding carboxylic acids is 1. The quantitative estimate of drug-likeness (QED) is 0.772. The second kappa shape index (κ2) is 8.29. The van der Waals surface area contributed by atoms with Gasteiger partial charge in [0.05, 0.1) is 0 Å². The minimum Gasteiger partial charge on any atom is -0.482 e. The van der Waals surface area contributed by atoms with E-state index < -0.39 is 5.97 Å². The fourth-order valence-electron chi connectivity index (χ4n) is 1.69. The van der Waals surface area contributed by atoms with Crippen LogP contribution in [0, 0.1) is 11.8 Å². The molecule has 5 nitrogen and oxygen atoms in total. The Morgan fingerprint density at radius 3 is 2.62 bits per heavy atom. The van der Waals surface area contributed by atoms with Crippen molar-refractivity contribution >= 4 is 11.9 Å². The van der Waals surface area contributed by atoms with Gasteiger partial charge >= 0.3 is 5.97 Å². The van der Waals surface area contributed by atoms with E-state index in [0.717, 1.165) is 5.56 Å². The Morgan fingerprint density at radius 1 is 1.29 bits per heavy atom. The standard InChI is InChI=1S/C16H23NO4/c1-11(2)12(3)7-15(18)17-9-13-5-4-6-14(8-13)21-10-16(19)20/h4-6,8,11-12H,7,9-10H2,1-3H3,(H,17,18)(H,19,20). The highest BCUT2D eigenvalue weighted by Gasteiger charge is 2.12. The van der Waals surface area contributed by atoms with E-state index >= 15 is 0 Å². The molecule has 0 saturated carbocycles. The lowest BCUT2D eigenvalue weighted by molar-refractivity contribution is -0.139. The Bertz CT molecular complexity index is 485. The molecule has 5 heteroatoms. The first-order valence-corrected chi connectivity index (χ1v) is 7.08. The smallest absolute Gasteiger partial charge is 0.341 e. The van der Waals surface area contributed by atoms with Crippen molar-refractivity contribution in [3.8, 4) is 5.75 Å². The van der Waals surface area contributed by atoms with Crippen molar-refractivity contribution in [1.82, 2.24) is 5.32 Å². The lowest BCUT2D eigenvalue weighted by atomic mass is 9.94. The van der Waals surface area contributed by atoms with Crippen molar-refractivity contribution in [3.05, 3.63) is 29.8 Å². The molecule has 0 spiro atoms. The second-order valence-corrected chi connectivity index (χ2v) is 5.53. The lowest BCUT2D eigenvalue weighted by Crippen LogP contribution is -2.25. The predicted molar refractivity (Wildman–Crippen MR) is 80.0 cm³/mol. The largest absolute Gasteiger partial charge is 0.482 e. The highest BCUT2D eigenvalue weighted by atomic mass is 16.5. The zero-order valence-corrected chi connectivity index (χ0v) is 12.8. The average molecular weight is 293 g/mol. The molecule has 1 unspecified atom stereocenters. The number of hydrogen-bond donors (Lipinski definition) is 2. The fourth-order valence-corrected chi connectivity index (χ4v) is 1.69. The number of ether oxygens (including phenoxy) is 1. The fraction of sp³-hybridized carbons (Fsp3) is 0.500. The van der Waals surface area contributed by atoms with Gasteiger partial charge in [-0.1, -0.05) is 32.9 Å². The van der Waals surface area contributed by atoms with E-state index in [0.29, 0.717) is 30.6 Å². The van der Waals surface area contributed by atoms with Crippen molar-refractivity contribution in [2.45, 2.75) is 33.7 Å². The van der Waals surface area contributed by atoms with Crippen molar-refractivity contribution in [2.75, 3.05) is 6.61 Å². The van der Waals surface area contributed by atoms with Crippen molar-refractivity contribution < 1.29 is 19.4 Å². The Labute approximate surface area is 125 Å². The van der Waals surface area contributed by atoms with Crippen LogP contribution in [0.2, 0.25) is 0 Å². The summed E-state index contributed by atoms with van der Waals surface area (Å²) in [6.45, 7) is 6.29. The molecule has 1 aromatic rings. The molecule has 0 aliphatic heterocycles. The van der Waals surface area contributed by atoms with Gasteiger partial charge in [-0.2, -0.15) is 0 Å². The Kier molecular flexibility index (Phi) is 6.72. The summed E-state index contributed by atoms with van der Waals surface area (Å²) in [6, 6.07) is 7.05. The summed E-state index contributed by atoms with van der Waals surface area (Å²) in [5.41, 5.74) is 0.878. The molecule has 0 fully saturated rings. The minimum absolute atomic E-state index is 0.0213. The van der Waals surface area contributed by atoms with Crippen LogP contribution < -0.4 is 10.1 Å². The molecule has 0 aromatic heterocycles. The number of rotatable bonds is 8. The molecule has 0 heterocycles. The first-order valence-electron chi connectivity index (χ1n) is 7.08. The molecule has 1 atom stereocenters. The van der Waals surface area contributed by atoms with Crippen molar-refractivity contribution in [2.24, 2.45) is 11.8 Å². The number of amides is 1. The zero-order valence-electron chi connectivity index (χ0n) is 12.8. The number of benzene rings is 1. The monoisotopic (exact) mass is 293 g/mol. The molecule has 0 aliphatic rings. The van der Waals surface area contributed by atoms with Gasteiger partial charge in [0.1, 0.15) is 5.75 Å². The second-order valence-electron chi connectivity index (χ2n) is 5.53. The number of nitrogens with one attached hydrogen (secondary N) is 1. The van der Waals surface area contributed by atoms with Gasteiger partial charge in [0.2, 0.25) is 5.91 Å². The van der Waals surface area contributed by atoms with Gasteiger partial charge in [0, 0.05) is 13.0 Å². The van der Waals surface area contributed by atoms with Crippen LogP contribution in [0.3, 0.4) is 0 Å². The topological polar surface area (TPSA) is 75.6 Å². The molecular formula is C16H23NO4. The van der Waals surface area contributed by atoms with Crippen LogP contribution in [0.1, 0.15) is 32.8 Å². The van der Waals surface area contributed by atoms with E-state index in [-0.39, 0.29) is 12.5 Å². The van der Waals surface area contributed by atoms with Gasteiger partial charge in [0.15, 0.2) is 6.61 Å². The van der Waals surface area contributed by atoms with Gasteiger partial charge < -0.3 is 15.2 Å². The number of carbonyl (C=O) groups is 2. The van der Waals surface area contributed by atoms with Gasteiger partial charge in [-0.25, -0.2) is 4.79 Å². The number of hydrogen-bond acceptors (Lipinski definition) is 3. The lowest BCUT2D eigenvalue weighted by Gasteiger charge is -2.15. The molecule has 2 N–H and O–H groups in total. The molecule has 0 saturated heterocycles. The predicted octanol–water partition coefficient (Wildman–Crippen LogP) is 2.45. The first-order chi connectivity index (χ1) is 9.88. The molecule has 21 heavy (non-hydrogen) atoms. The maximum absolute atomic E-state index is 11.8. The van der Waals surface area contributed by atoms with Gasteiger partial charge in [-0.05, 0) is 29.5 Å². The third-order valence-corrected chi connectivity index (χ3v) is 3.40. The maximum atomic E-state index is 11.8. The van der Waals surface area contributed by atoms with Gasteiger partial charge in [0.25, 0.3) is 0 Å². The van der Waals surface area contributed by atoms with Crippen molar-refractivity contribution in [1.29, 1.82) is 0 Å². The average Bonchev–Trinajstić information content (AvgIpc) is 2.43. The SMILES string of the molecule is CC(C)C(C)CC(=O)NCc1cccc(OCC(=O)O)c1. The minimum atomic E-state index is -1.02. The molecule has 0 aliphatic carbocycles. The third-order valence-electron chi connectivity index (χ3n) is 3.40. The van der Waals surface area contributed by atoms with Crippen molar-refractivity contribution in [3.63, 3.8) is 0 Å². The number of carboxylic acid groups (broad SMARTS) is 1. The molecule has 0 radical (unpaired) electrons. The summed E-state index contributed by atoms with van der Waals surface area (Å²) in [7, 11) is 0.